The van der Waals surface area contributed by atoms with Crippen LogP contribution in [0, 0.1) is 0 Å². The lowest BCUT2D eigenvalue weighted by molar-refractivity contribution is 0.415. The molecule has 1 aromatic carbocycles. The number of hydrogen-bond acceptors (Lipinski definition) is 6. The normalized spacial score (nSPS) is 12.9. The molecule has 3 rings (SSSR count). The largest absolute Gasteiger partial charge is 0.490 e. The number of hydrazine groups is 1. The van der Waals surface area contributed by atoms with E-state index in [0.29, 0.717) is 17.4 Å². The van der Waals surface area contributed by atoms with Gasteiger partial charge in [0.1, 0.15) is 6.33 Å². The van der Waals surface area contributed by atoms with Gasteiger partial charge in [0.2, 0.25) is 5.75 Å². The van der Waals surface area contributed by atoms with Crippen molar-refractivity contribution in [3.05, 3.63) is 35.7 Å². The number of hydrogen-bond donors (Lipinski definition) is 3. The Balaban J connectivity index is 1.91. The Kier molecular flexibility index (Phi) is 3.39. The minimum Gasteiger partial charge on any atom is -0.490 e. The average Bonchev–Trinajstić information content (AvgIpc) is 2.94. The van der Waals surface area contributed by atoms with Gasteiger partial charge in [0.15, 0.2) is 11.6 Å². The third-order valence-electron chi connectivity index (χ3n) is 3.51. The first kappa shape index (κ1) is 12.7. The number of anilines is 3. The second kappa shape index (κ2) is 5.34. The second-order valence-electron chi connectivity index (χ2n) is 4.71. The van der Waals surface area contributed by atoms with E-state index in [4.69, 9.17) is 10.6 Å². The van der Waals surface area contributed by atoms with Crippen molar-refractivity contribution in [2.24, 2.45) is 5.84 Å². The summed E-state index contributed by atoms with van der Waals surface area (Å²) in [6, 6.07) is 6.39. The molecule has 0 fully saturated rings. The fraction of sp³-hybridized carbons (Fsp3) is 0.286. The summed E-state index contributed by atoms with van der Waals surface area (Å²) in [4.78, 5) is 8.22. The van der Waals surface area contributed by atoms with Gasteiger partial charge < -0.3 is 15.5 Å². The van der Waals surface area contributed by atoms with Crippen LogP contribution in [-0.4, -0.2) is 17.1 Å². The summed E-state index contributed by atoms with van der Waals surface area (Å²) in [5.41, 5.74) is 6.33. The standard InChI is InChI=1S/C14H17N5O/c1-20-12-13(16-8-17-14(12)19-15)18-11-6-5-9-3-2-4-10(9)7-11/h5-8H,2-4,15H2,1H3,(H2,16,17,18,19). The minimum absolute atomic E-state index is 0.450. The van der Waals surface area contributed by atoms with Gasteiger partial charge in [-0.15, -0.1) is 0 Å². The van der Waals surface area contributed by atoms with Gasteiger partial charge in [-0.2, -0.15) is 0 Å². The van der Waals surface area contributed by atoms with Crippen LogP contribution < -0.4 is 21.3 Å². The van der Waals surface area contributed by atoms with Crippen LogP contribution in [0.15, 0.2) is 24.5 Å². The molecule has 0 amide bonds. The number of rotatable bonds is 4. The van der Waals surface area contributed by atoms with Gasteiger partial charge >= 0.3 is 0 Å². The number of ether oxygens (including phenoxy) is 1. The lowest BCUT2D eigenvalue weighted by Gasteiger charge is -2.13. The smallest absolute Gasteiger partial charge is 0.205 e. The summed E-state index contributed by atoms with van der Waals surface area (Å²) in [6.45, 7) is 0. The monoisotopic (exact) mass is 271 g/mol. The van der Waals surface area contributed by atoms with E-state index >= 15 is 0 Å². The van der Waals surface area contributed by atoms with Gasteiger partial charge in [-0.05, 0) is 42.5 Å². The summed E-state index contributed by atoms with van der Waals surface area (Å²) < 4.78 is 5.30. The van der Waals surface area contributed by atoms with Crippen molar-refractivity contribution in [3.63, 3.8) is 0 Å². The number of nitrogens with zero attached hydrogens (tertiary/aromatic N) is 2. The molecule has 20 heavy (non-hydrogen) atoms. The average molecular weight is 271 g/mol. The third kappa shape index (κ3) is 2.25. The van der Waals surface area contributed by atoms with Gasteiger partial charge in [-0.25, -0.2) is 15.8 Å². The van der Waals surface area contributed by atoms with Crippen molar-refractivity contribution in [1.82, 2.24) is 9.97 Å². The van der Waals surface area contributed by atoms with E-state index in [-0.39, 0.29) is 0 Å². The van der Waals surface area contributed by atoms with Gasteiger partial charge in [0, 0.05) is 5.69 Å². The quantitative estimate of drug-likeness (QED) is 0.582. The highest BCUT2D eigenvalue weighted by atomic mass is 16.5. The Hall–Kier alpha value is -2.34. The molecule has 0 radical (unpaired) electrons. The van der Waals surface area contributed by atoms with E-state index in [1.165, 1.54) is 30.3 Å². The van der Waals surface area contributed by atoms with Crippen LogP contribution in [0.25, 0.3) is 0 Å². The second-order valence-corrected chi connectivity index (χ2v) is 4.71. The molecule has 0 aliphatic heterocycles. The predicted octanol–water partition coefficient (Wildman–Crippen LogP) is 2.00. The van der Waals surface area contributed by atoms with Crippen LogP contribution >= 0.6 is 0 Å². The van der Waals surface area contributed by atoms with Gasteiger partial charge in [-0.1, -0.05) is 6.07 Å². The van der Waals surface area contributed by atoms with Gasteiger partial charge in [-0.3, -0.25) is 0 Å². The maximum atomic E-state index is 5.41. The summed E-state index contributed by atoms with van der Waals surface area (Å²) in [5, 5.41) is 3.26. The summed E-state index contributed by atoms with van der Waals surface area (Å²) in [5.74, 6) is 6.95. The molecule has 4 N–H and O–H groups in total. The van der Waals surface area contributed by atoms with Crippen molar-refractivity contribution in [2.75, 3.05) is 17.9 Å². The first-order valence-electron chi connectivity index (χ1n) is 6.56. The van der Waals surface area contributed by atoms with Gasteiger partial charge in [0.05, 0.1) is 7.11 Å². The number of nitrogens with one attached hydrogen (secondary N) is 2. The van der Waals surface area contributed by atoms with E-state index in [0.717, 1.165) is 12.1 Å². The molecule has 104 valence electrons. The summed E-state index contributed by atoms with van der Waals surface area (Å²) in [7, 11) is 1.56. The molecule has 1 aliphatic rings. The number of benzene rings is 1. The SMILES string of the molecule is COc1c(NN)ncnc1Nc1ccc2c(c1)CCC2. The summed E-state index contributed by atoms with van der Waals surface area (Å²) in [6.07, 6.45) is 4.99. The maximum absolute atomic E-state index is 5.41. The Labute approximate surface area is 117 Å². The Morgan fingerprint density at radius 2 is 1.95 bits per heavy atom. The third-order valence-corrected chi connectivity index (χ3v) is 3.51. The van der Waals surface area contributed by atoms with Crippen molar-refractivity contribution >= 4 is 17.3 Å². The molecular formula is C14H17N5O. The molecule has 1 heterocycles. The first-order valence-corrected chi connectivity index (χ1v) is 6.56. The van der Waals surface area contributed by atoms with Gasteiger partial charge in [0.25, 0.3) is 0 Å². The Bertz CT molecular complexity index is 629. The molecule has 0 unspecified atom stereocenters. The number of aryl methyl sites for hydroxylation is 2. The van der Waals surface area contributed by atoms with E-state index in [2.05, 4.69) is 38.9 Å². The number of methoxy groups -OCH3 is 1. The molecule has 1 aromatic heterocycles. The fourth-order valence-electron chi connectivity index (χ4n) is 2.55. The number of fused-ring (bicyclic) bond motifs is 1. The van der Waals surface area contributed by atoms with E-state index < -0.39 is 0 Å². The zero-order valence-electron chi connectivity index (χ0n) is 11.3. The highest BCUT2D eigenvalue weighted by Gasteiger charge is 2.14. The highest BCUT2D eigenvalue weighted by Crippen LogP contribution is 2.32. The lowest BCUT2D eigenvalue weighted by Crippen LogP contribution is -2.11. The van der Waals surface area contributed by atoms with Crippen LogP contribution in [0.5, 0.6) is 5.75 Å². The van der Waals surface area contributed by atoms with Crippen molar-refractivity contribution < 1.29 is 4.74 Å². The molecule has 0 spiro atoms. The zero-order valence-corrected chi connectivity index (χ0v) is 11.3. The Morgan fingerprint density at radius 1 is 1.15 bits per heavy atom. The number of nitrogens with two attached hydrogens (primary N) is 1. The molecule has 6 heteroatoms. The molecule has 0 saturated heterocycles. The fourth-order valence-corrected chi connectivity index (χ4v) is 2.55. The van der Waals surface area contributed by atoms with E-state index in [1.54, 1.807) is 7.11 Å². The first-order chi connectivity index (χ1) is 9.81. The number of nitrogen functional groups attached to an aromatic ring is 1. The van der Waals surface area contributed by atoms with Crippen LogP contribution in [0.1, 0.15) is 17.5 Å². The Morgan fingerprint density at radius 3 is 2.75 bits per heavy atom. The van der Waals surface area contributed by atoms with Crippen LogP contribution in [0.2, 0.25) is 0 Å². The van der Waals surface area contributed by atoms with Crippen molar-refractivity contribution in [1.29, 1.82) is 0 Å². The van der Waals surface area contributed by atoms with E-state index in [9.17, 15) is 0 Å². The minimum atomic E-state index is 0.450. The van der Waals surface area contributed by atoms with Crippen molar-refractivity contribution in [3.8, 4) is 5.75 Å². The number of aromatic nitrogens is 2. The predicted molar refractivity (Wildman–Crippen MR) is 78.1 cm³/mol. The highest BCUT2D eigenvalue weighted by molar-refractivity contribution is 5.69. The van der Waals surface area contributed by atoms with Crippen LogP contribution in [0.3, 0.4) is 0 Å². The van der Waals surface area contributed by atoms with Crippen molar-refractivity contribution in [2.45, 2.75) is 19.3 Å². The molecule has 1 aliphatic carbocycles. The molecule has 6 nitrogen and oxygen atoms in total. The topological polar surface area (TPSA) is 85.1 Å². The molecule has 0 atom stereocenters. The van der Waals surface area contributed by atoms with E-state index in [1.807, 2.05) is 0 Å². The molecule has 0 saturated carbocycles. The van der Waals surface area contributed by atoms with Crippen LogP contribution in [-0.2, 0) is 12.8 Å². The molecular weight excluding hydrogens is 254 g/mol. The maximum Gasteiger partial charge on any atom is 0.205 e. The van der Waals surface area contributed by atoms with Crippen LogP contribution in [0.4, 0.5) is 17.3 Å². The lowest BCUT2D eigenvalue weighted by atomic mass is 10.1. The zero-order chi connectivity index (χ0) is 13.9. The molecule has 0 bridgehead atoms. The summed E-state index contributed by atoms with van der Waals surface area (Å²) >= 11 is 0. The molecule has 2 aromatic rings.